The number of rotatable bonds is 3. The Morgan fingerprint density at radius 1 is 1.00 bits per heavy atom. The minimum Gasteiger partial charge on any atom is -0.464 e. The fourth-order valence-corrected chi connectivity index (χ4v) is 1.86. The Labute approximate surface area is 109 Å². The number of halogens is 2. The van der Waals surface area contributed by atoms with Crippen molar-refractivity contribution in [1.82, 2.24) is 0 Å². The van der Waals surface area contributed by atoms with Gasteiger partial charge in [0.25, 0.3) is 0 Å². The fraction of sp³-hybridized carbons (Fsp3) is 0.133. The smallest absolute Gasteiger partial charge is 0.381 e. The van der Waals surface area contributed by atoms with Crippen LogP contribution in [-0.4, -0.2) is 13.1 Å². The van der Waals surface area contributed by atoms with Gasteiger partial charge in [-0.2, -0.15) is 8.78 Å². The SMILES string of the molecule is COC(=O)C(F)(F)c1ccccc1-c1ccccc1. The summed E-state index contributed by atoms with van der Waals surface area (Å²) in [5, 5.41) is 0. The topological polar surface area (TPSA) is 26.3 Å². The molecule has 0 aliphatic rings. The average Bonchev–Trinajstić information content (AvgIpc) is 2.47. The molecule has 4 heteroatoms. The van der Waals surface area contributed by atoms with E-state index in [1.54, 1.807) is 42.5 Å². The molecule has 0 fully saturated rings. The van der Waals surface area contributed by atoms with Crippen molar-refractivity contribution in [2.24, 2.45) is 0 Å². The Kier molecular flexibility index (Phi) is 3.60. The second-order valence-electron chi connectivity index (χ2n) is 3.98. The van der Waals surface area contributed by atoms with Gasteiger partial charge in [0, 0.05) is 5.56 Å². The number of alkyl halides is 2. The largest absolute Gasteiger partial charge is 0.464 e. The summed E-state index contributed by atoms with van der Waals surface area (Å²) in [6, 6.07) is 14.6. The predicted molar refractivity (Wildman–Crippen MR) is 67.8 cm³/mol. The number of hydrogen-bond acceptors (Lipinski definition) is 2. The number of methoxy groups -OCH3 is 1. The Morgan fingerprint density at radius 3 is 2.21 bits per heavy atom. The molecule has 0 aromatic heterocycles. The normalized spacial score (nSPS) is 11.1. The Balaban J connectivity index is 2.57. The molecule has 0 aliphatic carbocycles. The van der Waals surface area contributed by atoms with Crippen molar-refractivity contribution in [3.05, 3.63) is 60.2 Å². The van der Waals surface area contributed by atoms with Crippen molar-refractivity contribution in [3.8, 4) is 11.1 Å². The van der Waals surface area contributed by atoms with Crippen molar-refractivity contribution >= 4 is 5.97 Å². The molecule has 2 aromatic rings. The number of benzene rings is 2. The van der Waals surface area contributed by atoms with Crippen LogP contribution in [0.2, 0.25) is 0 Å². The second kappa shape index (κ2) is 5.18. The molecule has 0 spiro atoms. The van der Waals surface area contributed by atoms with Gasteiger partial charge < -0.3 is 4.74 Å². The summed E-state index contributed by atoms with van der Waals surface area (Å²) in [5.74, 6) is -5.22. The molecule has 0 saturated carbocycles. The molecule has 0 amide bonds. The van der Waals surface area contributed by atoms with Gasteiger partial charge in [0.15, 0.2) is 0 Å². The van der Waals surface area contributed by atoms with Crippen LogP contribution in [0, 0.1) is 0 Å². The maximum absolute atomic E-state index is 14.0. The lowest BCUT2D eigenvalue weighted by atomic mass is 9.95. The summed E-state index contributed by atoms with van der Waals surface area (Å²) >= 11 is 0. The molecule has 0 heterocycles. The highest BCUT2D eigenvalue weighted by Crippen LogP contribution is 2.36. The first kappa shape index (κ1) is 13.2. The molecule has 2 nitrogen and oxygen atoms in total. The molecular formula is C15H12F2O2. The first-order valence-electron chi connectivity index (χ1n) is 5.68. The Bertz CT molecular complexity index is 580. The van der Waals surface area contributed by atoms with Gasteiger partial charge in [-0.1, -0.05) is 54.6 Å². The number of hydrogen-bond donors (Lipinski definition) is 0. The third kappa shape index (κ3) is 2.47. The molecule has 0 saturated heterocycles. The van der Waals surface area contributed by atoms with E-state index in [2.05, 4.69) is 4.74 Å². The van der Waals surface area contributed by atoms with E-state index in [-0.39, 0.29) is 5.56 Å². The van der Waals surface area contributed by atoms with Gasteiger partial charge in [-0.3, -0.25) is 0 Å². The molecule has 2 aromatic carbocycles. The third-order valence-electron chi connectivity index (χ3n) is 2.79. The molecule has 0 bridgehead atoms. The first-order valence-corrected chi connectivity index (χ1v) is 5.68. The highest BCUT2D eigenvalue weighted by atomic mass is 19.3. The lowest BCUT2D eigenvalue weighted by Crippen LogP contribution is -2.27. The van der Waals surface area contributed by atoms with E-state index < -0.39 is 11.9 Å². The zero-order chi connectivity index (χ0) is 13.9. The van der Waals surface area contributed by atoms with Crippen LogP contribution in [0.5, 0.6) is 0 Å². The van der Waals surface area contributed by atoms with Crippen molar-refractivity contribution < 1.29 is 18.3 Å². The monoisotopic (exact) mass is 262 g/mol. The number of carbonyl (C=O) groups is 1. The van der Waals surface area contributed by atoms with Gasteiger partial charge in [0.05, 0.1) is 7.11 Å². The first-order chi connectivity index (χ1) is 9.07. The van der Waals surface area contributed by atoms with E-state index in [1.165, 1.54) is 12.1 Å². The van der Waals surface area contributed by atoms with E-state index in [4.69, 9.17) is 0 Å². The second-order valence-corrected chi connectivity index (χ2v) is 3.98. The van der Waals surface area contributed by atoms with Crippen LogP contribution >= 0.6 is 0 Å². The zero-order valence-electron chi connectivity index (χ0n) is 10.3. The minimum atomic E-state index is -3.67. The molecule has 19 heavy (non-hydrogen) atoms. The van der Waals surface area contributed by atoms with E-state index in [0.717, 1.165) is 7.11 Å². The quantitative estimate of drug-likeness (QED) is 0.790. The van der Waals surface area contributed by atoms with E-state index >= 15 is 0 Å². The number of esters is 1. The van der Waals surface area contributed by atoms with Crippen LogP contribution in [-0.2, 0) is 15.5 Å². The average molecular weight is 262 g/mol. The lowest BCUT2D eigenvalue weighted by Gasteiger charge is -2.17. The van der Waals surface area contributed by atoms with E-state index in [9.17, 15) is 13.6 Å². The van der Waals surface area contributed by atoms with Gasteiger partial charge in [-0.15, -0.1) is 0 Å². The highest BCUT2D eigenvalue weighted by Gasteiger charge is 2.43. The van der Waals surface area contributed by atoms with Gasteiger partial charge in [-0.05, 0) is 11.1 Å². The molecule has 0 radical (unpaired) electrons. The molecular weight excluding hydrogens is 250 g/mol. The molecule has 0 N–H and O–H groups in total. The van der Waals surface area contributed by atoms with Gasteiger partial charge in [0.1, 0.15) is 0 Å². The fourth-order valence-electron chi connectivity index (χ4n) is 1.86. The molecule has 0 aliphatic heterocycles. The maximum atomic E-state index is 14.0. The van der Waals surface area contributed by atoms with Crippen molar-refractivity contribution in [2.75, 3.05) is 7.11 Å². The van der Waals surface area contributed by atoms with Crippen molar-refractivity contribution in [1.29, 1.82) is 0 Å². The Hall–Kier alpha value is -2.23. The highest BCUT2D eigenvalue weighted by molar-refractivity contribution is 5.83. The van der Waals surface area contributed by atoms with Gasteiger partial charge in [-0.25, -0.2) is 4.79 Å². The summed E-state index contributed by atoms with van der Waals surface area (Å²) in [4.78, 5) is 11.2. The summed E-state index contributed by atoms with van der Waals surface area (Å²) in [6.45, 7) is 0. The summed E-state index contributed by atoms with van der Waals surface area (Å²) < 4.78 is 32.2. The molecule has 0 unspecified atom stereocenters. The number of carbonyl (C=O) groups excluding carboxylic acids is 1. The predicted octanol–water partition coefficient (Wildman–Crippen LogP) is 3.62. The van der Waals surface area contributed by atoms with Gasteiger partial charge >= 0.3 is 11.9 Å². The maximum Gasteiger partial charge on any atom is 0.381 e. The van der Waals surface area contributed by atoms with Crippen LogP contribution in [0.3, 0.4) is 0 Å². The molecule has 0 atom stereocenters. The standard InChI is InChI=1S/C15H12F2O2/c1-19-14(18)15(16,17)13-10-6-5-9-12(13)11-7-3-2-4-8-11/h2-10H,1H3. The van der Waals surface area contributed by atoms with Crippen LogP contribution in [0.25, 0.3) is 11.1 Å². The summed E-state index contributed by atoms with van der Waals surface area (Å²) in [5.41, 5.74) is 0.591. The third-order valence-corrected chi connectivity index (χ3v) is 2.79. The summed E-state index contributed by atoms with van der Waals surface area (Å²) in [6.07, 6.45) is 0. The number of ether oxygens (including phenoxy) is 1. The van der Waals surface area contributed by atoms with Crippen LogP contribution in [0.1, 0.15) is 5.56 Å². The summed E-state index contributed by atoms with van der Waals surface area (Å²) in [7, 11) is 0.946. The zero-order valence-corrected chi connectivity index (χ0v) is 10.3. The van der Waals surface area contributed by atoms with Crippen molar-refractivity contribution in [2.45, 2.75) is 5.92 Å². The minimum absolute atomic E-state index is 0.318. The van der Waals surface area contributed by atoms with Crippen LogP contribution < -0.4 is 0 Å². The molecule has 2 rings (SSSR count). The van der Waals surface area contributed by atoms with Crippen molar-refractivity contribution in [3.63, 3.8) is 0 Å². The van der Waals surface area contributed by atoms with Crippen LogP contribution in [0.15, 0.2) is 54.6 Å². The van der Waals surface area contributed by atoms with E-state index in [1.807, 2.05) is 0 Å². The Morgan fingerprint density at radius 2 is 1.58 bits per heavy atom. The lowest BCUT2D eigenvalue weighted by molar-refractivity contribution is -0.170. The van der Waals surface area contributed by atoms with Crippen LogP contribution in [0.4, 0.5) is 8.78 Å². The van der Waals surface area contributed by atoms with E-state index in [0.29, 0.717) is 11.1 Å². The van der Waals surface area contributed by atoms with Gasteiger partial charge in [0.2, 0.25) is 0 Å². The molecule has 98 valence electrons.